The van der Waals surface area contributed by atoms with Gasteiger partial charge in [-0.05, 0) is 57.9 Å². The second-order valence-corrected chi connectivity index (χ2v) is 12.8. The molecule has 40 heavy (non-hydrogen) atoms. The average Bonchev–Trinajstić information content (AvgIpc) is 2.89. The summed E-state index contributed by atoms with van der Waals surface area (Å²) in [6.45, 7) is 7.98. The smallest absolute Gasteiger partial charge is 0.307 e. The molecule has 0 aromatic heterocycles. The summed E-state index contributed by atoms with van der Waals surface area (Å²) >= 11 is 0. The fourth-order valence-corrected chi connectivity index (χ4v) is 5.77. The van der Waals surface area contributed by atoms with Crippen molar-refractivity contribution < 1.29 is 28.6 Å². The van der Waals surface area contributed by atoms with Gasteiger partial charge < -0.3 is 24.8 Å². The number of carbonyl (C=O) groups excluding carboxylic acids is 3. The molecule has 0 bridgehead atoms. The van der Waals surface area contributed by atoms with Crippen LogP contribution in [0.25, 0.3) is 6.08 Å². The van der Waals surface area contributed by atoms with Crippen LogP contribution in [0.4, 0.5) is 0 Å². The van der Waals surface area contributed by atoms with Crippen molar-refractivity contribution in [3.8, 4) is 0 Å². The second-order valence-electron chi connectivity index (χ2n) is 12.8. The molecule has 2 aliphatic carbocycles. The molecule has 2 saturated carbocycles. The summed E-state index contributed by atoms with van der Waals surface area (Å²) in [5, 5.41) is 6.08. The zero-order valence-electron chi connectivity index (χ0n) is 24.5. The number of esters is 1. The van der Waals surface area contributed by atoms with Crippen molar-refractivity contribution in [3.05, 3.63) is 42.0 Å². The van der Waals surface area contributed by atoms with Crippen LogP contribution < -0.4 is 10.6 Å². The van der Waals surface area contributed by atoms with Gasteiger partial charge in [-0.2, -0.15) is 0 Å². The molecule has 3 unspecified atom stereocenters. The molecular weight excluding hydrogens is 508 g/mol. The number of carbonyl (C=O) groups is 3. The summed E-state index contributed by atoms with van der Waals surface area (Å²) in [5.41, 5.74) is 0.263. The van der Waals surface area contributed by atoms with Gasteiger partial charge in [0.25, 0.3) is 0 Å². The molecule has 4 rings (SSSR count). The van der Waals surface area contributed by atoms with E-state index in [9.17, 15) is 14.4 Å². The van der Waals surface area contributed by atoms with E-state index in [0.29, 0.717) is 13.0 Å². The molecule has 8 nitrogen and oxygen atoms in total. The zero-order valence-corrected chi connectivity index (χ0v) is 24.5. The maximum absolute atomic E-state index is 13.4. The fourth-order valence-electron chi connectivity index (χ4n) is 5.77. The first-order chi connectivity index (χ1) is 19.0. The first-order valence-corrected chi connectivity index (χ1v) is 14.8. The van der Waals surface area contributed by atoms with Gasteiger partial charge in [0.1, 0.15) is 12.2 Å². The number of amides is 2. The number of rotatable bonds is 10. The van der Waals surface area contributed by atoms with Gasteiger partial charge in [-0.1, -0.05) is 69.2 Å². The average molecular weight is 555 g/mol. The van der Waals surface area contributed by atoms with Crippen LogP contribution in [0.1, 0.15) is 91.0 Å². The highest BCUT2D eigenvalue weighted by Crippen LogP contribution is 2.45. The van der Waals surface area contributed by atoms with Crippen LogP contribution in [0.2, 0.25) is 0 Å². The van der Waals surface area contributed by atoms with E-state index < -0.39 is 17.3 Å². The van der Waals surface area contributed by atoms with Crippen molar-refractivity contribution in [2.45, 2.75) is 110 Å². The molecule has 1 aromatic rings. The number of ether oxygens (including phenoxy) is 3. The van der Waals surface area contributed by atoms with Crippen LogP contribution in [0.5, 0.6) is 0 Å². The Morgan fingerprint density at radius 1 is 1.02 bits per heavy atom. The first kappa shape index (κ1) is 30.3. The standard InChI is InChI=1S/C32H46N2O6/c1-30(2)22-38-31(3,4)40-27(30)28(36)33-21-17-26(35)39-25-16-9-8-15-24(25)34-29(37)32(19-11-20-32)18-10-14-23-12-6-5-7-13-23/h5-7,10,12-14,24-25,27H,8-9,11,15-22H2,1-4H3,(H,33,36)(H,34,37). The summed E-state index contributed by atoms with van der Waals surface area (Å²) in [5.74, 6) is -1.40. The molecule has 8 heteroatoms. The third kappa shape index (κ3) is 7.72. The molecule has 1 heterocycles. The van der Waals surface area contributed by atoms with Gasteiger partial charge in [0.15, 0.2) is 5.79 Å². The van der Waals surface area contributed by atoms with Crippen LogP contribution in [-0.2, 0) is 28.6 Å². The Morgan fingerprint density at radius 3 is 2.45 bits per heavy atom. The van der Waals surface area contributed by atoms with Crippen molar-refractivity contribution in [2.24, 2.45) is 10.8 Å². The molecule has 220 valence electrons. The van der Waals surface area contributed by atoms with Crippen molar-refractivity contribution in [2.75, 3.05) is 13.2 Å². The number of hydrogen-bond acceptors (Lipinski definition) is 6. The van der Waals surface area contributed by atoms with Crippen molar-refractivity contribution in [1.82, 2.24) is 10.6 Å². The molecule has 3 atom stereocenters. The monoisotopic (exact) mass is 554 g/mol. The number of nitrogens with one attached hydrogen (secondary N) is 2. The van der Waals surface area contributed by atoms with Gasteiger partial charge in [-0.25, -0.2) is 0 Å². The predicted molar refractivity (Wildman–Crippen MR) is 153 cm³/mol. The van der Waals surface area contributed by atoms with E-state index in [2.05, 4.69) is 34.9 Å². The highest BCUT2D eigenvalue weighted by atomic mass is 16.7. The summed E-state index contributed by atoms with van der Waals surface area (Å²) < 4.78 is 17.4. The van der Waals surface area contributed by atoms with E-state index in [-0.39, 0.29) is 48.3 Å². The Balaban J connectivity index is 1.25. The maximum Gasteiger partial charge on any atom is 0.307 e. The van der Waals surface area contributed by atoms with Gasteiger partial charge in [0.05, 0.1) is 24.5 Å². The molecule has 2 amide bonds. The third-order valence-electron chi connectivity index (χ3n) is 8.48. The van der Waals surface area contributed by atoms with Gasteiger partial charge in [-0.3, -0.25) is 14.4 Å². The predicted octanol–water partition coefficient (Wildman–Crippen LogP) is 4.91. The van der Waals surface area contributed by atoms with Crippen molar-refractivity contribution in [1.29, 1.82) is 0 Å². The van der Waals surface area contributed by atoms with E-state index in [1.165, 1.54) is 0 Å². The van der Waals surface area contributed by atoms with Crippen molar-refractivity contribution in [3.63, 3.8) is 0 Å². The maximum atomic E-state index is 13.4. The Morgan fingerprint density at radius 2 is 1.75 bits per heavy atom. The Labute approximate surface area is 238 Å². The highest BCUT2D eigenvalue weighted by Gasteiger charge is 2.46. The SMILES string of the molecule is CC1(C)OCC(C)(C)C(C(=O)NCCC(=O)OC2CCCCC2NC(=O)C2(CC=Cc3ccccc3)CCC2)O1. The molecule has 3 fully saturated rings. The zero-order chi connectivity index (χ0) is 28.8. The normalized spacial score (nSPS) is 26.9. The van der Waals surface area contributed by atoms with Gasteiger partial charge in [0.2, 0.25) is 11.8 Å². The topological polar surface area (TPSA) is 103 Å². The lowest BCUT2D eigenvalue weighted by Gasteiger charge is -2.44. The lowest BCUT2D eigenvalue weighted by atomic mass is 9.65. The van der Waals surface area contributed by atoms with Crippen LogP contribution >= 0.6 is 0 Å². The molecule has 2 N–H and O–H groups in total. The van der Waals surface area contributed by atoms with Crippen molar-refractivity contribution >= 4 is 23.9 Å². The first-order valence-electron chi connectivity index (χ1n) is 14.8. The number of allylic oxidation sites excluding steroid dienone is 1. The minimum absolute atomic E-state index is 0.0597. The van der Waals surface area contributed by atoms with Gasteiger partial charge >= 0.3 is 5.97 Å². The summed E-state index contributed by atoms with van der Waals surface area (Å²) in [4.78, 5) is 39.0. The van der Waals surface area contributed by atoms with Crippen LogP contribution in [0.3, 0.4) is 0 Å². The number of hydrogen-bond donors (Lipinski definition) is 2. The van der Waals surface area contributed by atoms with E-state index >= 15 is 0 Å². The lowest BCUT2D eigenvalue weighted by Crippen LogP contribution is -2.56. The van der Waals surface area contributed by atoms with Gasteiger partial charge in [-0.15, -0.1) is 0 Å². The Bertz CT molecular complexity index is 1060. The highest BCUT2D eigenvalue weighted by molar-refractivity contribution is 5.84. The molecule has 1 aliphatic heterocycles. The molecule has 0 spiro atoms. The Hall–Kier alpha value is -2.71. The Kier molecular flexibility index (Phi) is 9.72. The third-order valence-corrected chi connectivity index (χ3v) is 8.48. The van der Waals surface area contributed by atoms with E-state index in [0.717, 1.165) is 50.5 Å². The summed E-state index contributed by atoms with van der Waals surface area (Å²) in [6.07, 6.45) is 10.2. The minimum Gasteiger partial charge on any atom is -0.460 e. The quantitative estimate of drug-likeness (QED) is 0.398. The van der Waals surface area contributed by atoms with E-state index in [4.69, 9.17) is 14.2 Å². The lowest BCUT2D eigenvalue weighted by molar-refractivity contribution is -0.304. The second kappa shape index (κ2) is 12.9. The molecule has 0 radical (unpaired) electrons. The fraction of sp³-hybridized carbons (Fsp3) is 0.656. The molecule has 1 saturated heterocycles. The summed E-state index contributed by atoms with van der Waals surface area (Å²) in [6, 6.07) is 9.92. The number of benzene rings is 1. The van der Waals surface area contributed by atoms with Crippen LogP contribution in [0, 0.1) is 10.8 Å². The molecular formula is C32H46N2O6. The largest absolute Gasteiger partial charge is 0.460 e. The summed E-state index contributed by atoms with van der Waals surface area (Å²) in [7, 11) is 0. The van der Waals surface area contributed by atoms with Gasteiger partial charge in [0, 0.05) is 12.0 Å². The van der Waals surface area contributed by atoms with E-state index in [1.807, 2.05) is 32.0 Å². The molecule has 1 aromatic carbocycles. The van der Waals surface area contributed by atoms with E-state index in [1.54, 1.807) is 13.8 Å². The van der Waals surface area contributed by atoms with Crippen LogP contribution in [0.15, 0.2) is 36.4 Å². The minimum atomic E-state index is -0.840. The molecule has 3 aliphatic rings. The van der Waals surface area contributed by atoms with Crippen LogP contribution in [-0.4, -0.2) is 55.0 Å².